The van der Waals surface area contributed by atoms with Gasteiger partial charge in [0, 0.05) is 17.2 Å². The molecule has 0 atom stereocenters. The third-order valence-corrected chi connectivity index (χ3v) is 5.25. The van der Waals surface area contributed by atoms with E-state index < -0.39 is 0 Å². The first-order chi connectivity index (χ1) is 11.2. The molecule has 0 spiro atoms. The fourth-order valence-corrected chi connectivity index (χ4v) is 3.99. The fourth-order valence-electron chi connectivity index (χ4n) is 2.15. The van der Waals surface area contributed by atoms with Crippen molar-refractivity contribution in [1.29, 1.82) is 0 Å². The number of thiazole rings is 1. The van der Waals surface area contributed by atoms with Gasteiger partial charge in [-0.05, 0) is 24.3 Å². The van der Waals surface area contributed by atoms with Gasteiger partial charge >= 0.3 is 0 Å². The number of thiophene rings is 1. The molecule has 3 rings (SSSR count). The zero-order chi connectivity index (χ0) is 16.2. The van der Waals surface area contributed by atoms with Gasteiger partial charge in [0.05, 0.1) is 29.8 Å². The van der Waals surface area contributed by atoms with Gasteiger partial charge in [-0.2, -0.15) is 0 Å². The van der Waals surface area contributed by atoms with Crippen LogP contribution in [0.2, 0.25) is 0 Å². The third kappa shape index (κ3) is 3.60. The highest BCUT2D eigenvalue weighted by atomic mass is 32.1. The van der Waals surface area contributed by atoms with Crippen LogP contribution in [0.1, 0.15) is 11.8 Å². The number of amides is 1. The number of aromatic nitrogens is 1. The topological polar surface area (TPSA) is 51.2 Å². The number of ether oxygens (including phenoxy) is 1. The minimum absolute atomic E-state index is 0.0212. The lowest BCUT2D eigenvalue weighted by Gasteiger charge is -2.04. The fraction of sp³-hybridized carbons (Fsp3) is 0.176. The van der Waals surface area contributed by atoms with Crippen molar-refractivity contribution in [1.82, 2.24) is 10.3 Å². The van der Waals surface area contributed by atoms with Crippen LogP contribution in [0, 0.1) is 0 Å². The van der Waals surface area contributed by atoms with Crippen LogP contribution >= 0.6 is 22.7 Å². The van der Waals surface area contributed by atoms with Gasteiger partial charge < -0.3 is 10.1 Å². The predicted molar refractivity (Wildman–Crippen MR) is 94.9 cm³/mol. The Balaban J connectivity index is 1.83. The van der Waals surface area contributed by atoms with E-state index in [0.29, 0.717) is 6.54 Å². The smallest absolute Gasteiger partial charge is 0.217 e. The van der Waals surface area contributed by atoms with Crippen LogP contribution in [0.15, 0.2) is 41.8 Å². The molecule has 23 heavy (non-hydrogen) atoms. The molecule has 1 N–H and O–H groups in total. The van der Waals surface area contributed by atoms with Crippen LogP contribution in [-0.4, -0.2) is 18.0 Å². The maximum Gasteiger partial charge on any atom is 0.217 e. The van der Waals surface area contributed by atoms with Crippen molar-refractivity contribution in [2.75, 3.05) is 7.11 Å². The summed E-state index contributed by atoms with van der Waals surface area (Å²) >= 11 is 3.24. The number of nitrogens with one attached hydrogen (secondary N) is 1. The highest BCUT2D eigenvalue weighted by molar-refractivity contribution is 7.16. The first-order valence-electron chi connectivity index (χ1n) is 7.10. The van der Waals surface area contributed by atoms with E-state index in [9.17, 15) is 4.79 Å². The molecule has 1 aromatic carbocycles. The number of hydrogen-bond acceptors (Lipinski definition) is 5. The second kappa shape index (κ2) is 6.93. The Morgan fingerprint density at radius 2 is 2.09 bits per heavy atom. The minimum atomic E-state index is -0.0212. The van der Waals surface area contributed by atoms with Gasteiger partial charge in [-0.15, -0.1) is 22.7 Å². The molecule has 0 aliphatic rings. The standard InChI is InChI=1S/C17H16N2O2S2/c1-11(20)18-9-12-7-8-16(23-12)14-10-22-17(19-14)13-5-3-4-6-15(13)21-2/h3-8,10H,9H2,1-2H3,(H,18,20). The Labute approximate surface area is 142 Å². The quantitative estimate of drug-likeness (QED) is 0.755. The average Bonchev–Trinajstić information content (AvgIpc) is 3.22. The molecule has 3 aromatic rings. The summed E-state index contributed by atoms with van der Waals surface area (Å²) in [7, 11) is 1.67. The van der Waals surface area contributed by atoms with E-state index in [4.69, 9.17) is 9.72 Å². The van der Waals surface area contributed by atoms with Crippen molar-refractivity contribution < 1.29 is 9.53 Å². The summed E-state index contributed by atoms with van der Waals surface area (Å²) in [4.78, 5) is 17.9. The molecule has 0 saturated carbocycles. The van der Waals surface area contributed by atoms with E-state index in [0.717, 1.165) is 31.8 Å². The van der Waals surface area contributed by atoms with Crippen LogP contribution in [-0.2, 0) is 11.3 Å². The molecular weight excluding hydrogens is 328 g/mol. The van der Waals surface area contributed by atoms with Gasteiger partial charge in [0.1, 0.15) is 10.8 Å². The summed E-state index contributed by atoms with van der Waals surface area (Å²) < 4.78 is 5.40. The second-order valence-corrected chi connectivity index (χ2v) is 6.94. The molecule has 1 amide bonds. The van der Waals surface area contributed by atoms with Crippen LogP contribution in [0.3, 0.4) is 0 Å². The number of rotatable bonds is 5. The Hall–Kier alpha value is -2.18. The van der Waals surface area contributed by atoms with Crippen molar-refractivity contribution >= 4 is 28.6 Å². The zero-order valence-electron chi connectivity index (χ0n) is 12.8. The van der Waals surface area contributed by atoms with E-state index >= 15 is 0 Å². The number of benzene rings is 1. The van der Waals surface area contributed by atoms with Gasteiger partial charge in [0.25, 0.3) is 0 Å². The van der Waals surface area contributed by atoms with Gasteiger partial charge in [-0.1, -0.05) is 12.1 Å². The van der Waals surface area contributed by atoms with Gasteiger partial charge in [-0.25, -0.2) is 4.98 Å². The summed E-state index contributed by atoms with van der Waals surface area (Å²) in [6.07, 6.45) is 0. The molecule has 0 bridgehead atoms. The molecule has 2 heterocycles. The Kier molecular flexibility index (Phi) is 4.73. The molecule has 0 radical (unpaired) electrons. The molecule has 0 saturated heterocycles. The van der Waals surface area contributed by atoms with E-state index in [1.54, 1.807) is 29.8 Å². The largest absolute Gasteiger partial charge is 0.496 e. The lowest BCUT2D eigenvalue weighted by molar-refractivity contribution is -0.119. The number of nitrogens with zero attached hydrogens (tertiary/aromatic N) is 1. The summed E-state index contributed by atoms with van der Waals surface area (Å²) in [6.45, 7) is 2.08. The van der Waals surface area contributed by atoms with E-state index in [2.05, 4.69) is 10.7 Å². The Morgan fingerprint density at radius 3 is 2.87 bits per heavy atom. The molecule has 0 aliphatic heterocycles. The molecular formula is C17H16N2O2S2. The molecule has 0 fully saturated rings. The number of carbonyl (C=O) groups excluding carboxylic acids is 1. The summed E-state index contributed by atoms with van der Waals surface area (Å²) in [5, 5.41) is 5.80. The lowest BCUT2D eigenvalue weighted by atomic mass is 10.2. The van der Waals surface area contributed by atoms with Crippen LogP contribution in [0.25, 0.3) is 21.1 Å². The van der Waals surface area contributed by atoms with Gasteiger partial charge in [0.15, 0.2) is 0 Å². The van der Waals surface area contributed by atoms with Crippen LogP contribution in [0.5, 0.6) is 5.75 Å². The van der Waals surface area contributed by atoms with Crippen LogP contribution in [0.4, 0.5) is 0 Å². The highest BCUT2D eigenvalue weighted by Crippen LogP contribution is 2.36. The van der Waals surface area contributed by atoms with Crippen molar-refractivity contribution in [2.45, 2.75) is 13.5 Å². The third-order valence-electron chi connectivity index (χ3n) is 3.27. The molecule has 0 aliphatic carbocycles. The maximum absolute atomic E-state index is 11.0. The van der Waals surface area contributed by atoms with Crippen molar-refractivity contribution in [2.24, 2.45) is 0 Å². The Morgan fingerprint density at radius 1 is 1.26 bits per heavy atom. The monoisotopic (exact) mass is 344 g/mol. The number of carbonyl (C=O) groups is 1. The molecule has 2 aromatic heterocycles. The minimum Gasteiger partial charge on any atom is -0.496 e. The second-order valence-electron chi connectivity index (χ2n) is 4.91. The zero-order valence-corrected chi connectivity index (χ0v) is 14.5. The van der Waals surface area contributed by atoms with Crippen molar-refractivity contribution in [3.05, 3.63) is 46.7 Å². The first kappa shape index (κ1) is 15.7. The van der Waals surface area contributed by atoms with Crippen molar-refractivity contribution in [3.8, 4) is 26.9 Å². The number of methoxy groups -OCH3 is 1. The number of para-hydroxylation sites is 1. The molecule has 4 nitrogen and oxygen atoms in total. The Bertz CT molecular complexity index is 823. The van der Waals surface area contributed by atoms with E-state index in [1.165, 1.54) is 6.92 Å². The number of hydrogen-bond donors (Lipinski definition) is 1. The van der Waals surface area contributed by atoms with E-state index in [1.807, 2.05) is 36.4 Å². The summed E-state index contributed by atoms with van der Waals surface area (Å²) in [6, 6.07) is 12.0. The maximum atomic E-state index is 11.0. The van der Waals surface area contributed by atoms with Gasteiger partial charge in [-0.3, -0.25) is 4.79 Å². The van der Waals surface area contributed by atoms with Crippen molar-refractivity contribution in [3.63, 3.8) is 0 Å². The average molecular weight is 344 g/mol. The summed E-state index contributed by atoms with van der Waals surface area (Å²) in [5.74, 6) is 0.804. The van der Waals surface area contributed by atoms with Crippen LogP contribution < -0.4 is 10.1 Å². The predicted octanol–water partition coefficient (Wildman–Crippen LogP) is 4.18. The molecule has 0 unspecified atom stereocenters. The normalized spacial score (nSPS) is 10.5. The highest BCUT2D eigenvalue weighted by Gasteiger charge is 2.12. The molecule has 6 heteroatoms. The summed E-state index contributed by atoms with van der Waals surface area (Å²) in [5.41, 5.74) is 1.95. The lowest BCUT2D eigenvalue weighted by Crippen LogP contribution is -2.17. The van der Waals surface area contributed by atoms with Gasteiger partial charge in [0.2, 0.25) is 5.91 Å². The molecule has 118 valence electrons. The van der Waals surface area contributed by atoms with E-state index in [-0.39, 0.29) is 5.91 Å². The SMILES string of the molecule is COc1ccccc1-c1nc(-c2ccc(CNC(C)=O)s2)cs1. The first-order valence-corrected chi connectivity index (χ1v) is 8.79.